The number of rotatable bonds is 14. The van der Waals surface area contributed by atoms with Crippen molar-refractivity contribution in [1.29, 1.82) is 0 Å². The molecule has 0 heterocycles. The van der Waals surface area contributed by atoms with Gasteiger partial charge in [-0.1, -0.05) is 37.8 Å². The van der Waals surface area contributed by atoms with Crippen LogP contribution in [-0.4, -0.2) is 49.1 Å². The highest BCUT2D eigenvalue weighted by Crippen LogP contribution is 2.16. The minimum atomic E-state index is -0.103. The third kappa shape index (κ3) is 12.4. The standard InChI is InChI=1S/C22H40NO2P/c1-8-25-22(24)21(26-7)16-11-17-23(6)20(5)15-10-14-19(4)13-9-12-18(2)3/h12,14,20-21H,7-11,13,15-17H2,1-6H3/b19-14+. The summed E-state index contributed by atoms with van der Waals surface area (Å²) in [6.45, 7) is 12.1. The van der Waals surface area contributed by atoms with Crippen molar-refractivity contribution in [2.75, 3.05) is 20.2 Å². The Balaban J connectivity index is 4.08. The summed E-state index contributed by atoms with van der Waals surface area (Å²) in [7, 11) is 3.04. The van der Waals surface area contributed by atoms with E-state index >= 15 is 0 Å². The number of hydrogen-bond acceptors (Lipinski definition) is 3. The minimum Gasteiger partial charge on any atom is -0.465 e. The van der Waals surface area contributed by atoms with Crippen LogP contribution in [0.1, 0.15) is 73.1 Å². The number of carbonyl (C=O) groups is 1. The minimum absolute atomic E-state index is 0.0787. The van der Waals surface area contributed by atoms with Crippen molar-refractivity contribution in [3.63, 3.8) is 0 Å². The van der Waals surface area contributed by atoms with Gasteiger partial charge in [0, 0.05) is 6.04 Å². The molecule has 0 aromatic heterocycles. The van der Waals surface area contributed by atoms with E-state index in [9.17, 15) is 4.79 Å². The van der Waals surface area contributed by atoms with E-state index in [1.165, 1.54) is 17.6 Å². The summed E-state index contributed by atoms with van der Waals surface area (Å²) >= 11 is 0. The Bertz CT molecular complexity index is 467. The van der Waals surface area contributed by atoms with Gasteiger partial charge in [0.15, 0.2) is 0 Å². The highest BCUT2D eigenvalue weighted by Gasteiger charge is 2.17. The average Bonchev–Trinajstić information content (AvgIpc) is 2.58. The molecule has 0 aliphatic rings. The Kier molecular flexibility index (Phi) is 14.6. The number of ether oxygens (including phenoxy) is 1. The normalized spacial score (nSPS) is 14.3. The highest BCUT2D eigenvalue weighted by molar-refractivity contribution is 7.38. The summed E-state index contributed by atoms with van der Waals surface area (Å²) in [5, 5.41) is 0. The number of carbonyl (C=O) groups excluding carboxylic acids is 1. The van der Waals surface area contributed by atoms with Crippen molar-refractivity contribution >= 4 is 20.5 Å². The van der Waals surface area contributed by atoms with Crippen LogP contribution in [0.2, 0.25) is 0 Å². The molecule has 0 N–H and O–H groups in total. The fourth-order valence-electron chi connectivity index (χ4n) is 2.76. The van der Waals surface area contributed by atoms with E-state index in [4.69, 9.17) is 4.74 Å². The zero-order valence-corrected chi connectivity index (χ0v) is 18.8. The van der Waals surface area contributed by atoms with E-state index in [0.29, 0.717) is 12.6 Å². The third-order valence-electron chi connectivity index (χ3n) is 4.69. The van der Waals surface area contributed by atoms with E-state index in [2.05, 4.69) is 58.1 Å². The number of esters is 1. The molecular formula is C22H40NO2P. The molecule has 0 radical (unpaired) electrons. The third-order valence-corrected chi connectivity index (χ3v) is 5.60. The summed E-state index contributed by atoms with van der Waals surface area (Å²) in [6, 6.07) is 0.551. The number of nitrogens with zero attached hydrogens (tertiary/aromatic N) is 1. The summed E-state index contributed by atoms with van der Waals surface area (Å²) in [5.74, 6) is -0.103. The Morgan fingerprint density at radius 3 is 2.46 bits per heavy atom. The summed E-state index contributed by atoms with van der Waals surface area (Å²) < 4.78 is 5.11. The average molecular weight is 382 g/mol. The molecule has 3 nitrogen and oxygen atoms in total. The van der Waals surface area contributed by atoms with Crippen LogP contribution in [0.25, 0.3) is 0 Å². The van der Waals surface area contributed by atoms with E-state index in [1.807, 2.05) is 6.92 Å². The predicted molar refractivity (Wildman–Crippen MR) is 117 cm³/mol. The Hall–Kier alpha value is -0.920. The summed E-state index contributed by atoms with van der Waals surface area (Å²) in [5.41, 5.74) is 2.81. The maximum absolute atomic E-state index is 11.8. The van der Waals surface area contributed by atoms with Crippen molar-refractivity contribution in [3.05, 3.63) is 23.3 Å². The Morgan fingerprint density at radius 2 is 1.88 bits per heavy atom. The van der Waals surface area contributed by atoms with E-state index in [1.54, 1.807) is 0 Å². The van der Waals surface area contributed by atoms with Gasteiger partial charge in [-0.3, -0.25) is 4.79 Å². The zero-order valence-electron chi connectivity index (χ0n) is 17.9. The largest absolute Gasteiger partial charge is 0.465 e. The lowest BCUT2D eigenvalue weighted by molar-refractivity contribution is -0.142. The monoisotopic (exact) mass is 381 g/mol. The first kappa shape index (κ1) is 25.1. The molecule has 0 bridgehead atoms. The van der Waals surface area contributed by atoms with Crippen molar-refractivity contribution < 1.29 is 9.53 Å². The Labute approximate surface area is 163 Å². The fourth-order valence-corrected chi connectivity index (χ4v) is 3.35. The molecule has 0 saturated heterocycles. The maximum atomic E-state index is 11.8. The van der Waals surface area contributed by atoms with Crippen molar-refractivity contribution in [3.8, 4) is 0 Å². The zero-order chi connectivity index (χ0) is 19.9. The van der Waals surface area contributed by atoms with Crippen LogP contribution in [0.3, 0.4) is 0 Å². The first-order chi connectivity index (χ1) is 12.3. The van der Waals surface area contributed by atoms with Gasteiger partial charge < -0.3 is 9.64 Å². The van der Waals surface area contributed by atoms with Gasteiger partial charge in [-0.15, -0.1) is 0 Å². The van der Waals surface area contributed by atoms with Gasteiger partial charge in [-0.25, -0.2) is 0 Å². The van der Waals surface area contributed by atoms with E-state index in [0.717, 1.165) is 46.9 Å². The van der Waals surface area contributed by atoms with Crippen LogP contribution in [-0.2, 0) is 9.53 Å². The first-order valence-corrected chi connectivity index (χ1v) is 11.1. The van der Waals surface area contributed by atoms with Crippen molar-refractivity contribution in [2.45, 2.75) is 84.8 Å². The van der Waals surface area contributed by atoms with Crippen LogP contribution in [0, 0.1) is 0 Å². The molecule has 0 spiro atoms. The second-order valence-electron chi connectivity index (χ2n) is 7.37. The smallest absolute Gasteiger partial charge is 0.317 e. The molecule has 0 rings (SSSR count). The van der Waals surface area contributed by atoms with Crippen LogP contribution < -0.4 is 0 Å². The van der Waals surface area contributed by atoms with Gasteiger partial charge in [0.25, 0.3) is 0 Å². The maximum Gasteiger partial charge on any atom is 0.317 e. The van der Waals surface area contributed by atoms with Crippen molar-refractivity contribution in [2.24, 2.45) is 0 Å². The molecule has 26 heavy (non-hydrogen) atoms. The van der Waals surface area contributed by atoms with Gasteiger partial charge >= 0.3 is 5.97 Å². The molecule has 0 aromatic carbocycles. The molecule has 0 amide bonds. The van der Waals surface area contributed by atoms with Gasteiger partial charge in [0.05, 0.1) is 12.3 Å². The molecular weight excluding hydrogens is 341 g/mol. The van der Waals surface area contributed by atoms with Crippen molar-refractivity contribution in [1.82, 2.24) is 4.90 Å². The second kappa shape index (κ2) is 15.2. The lowest BCUT2D eigenvalue weighted by atomic mass is 10.1. The highest BCUT2D eigenvalue weighted by atomic mass is 31.1. The van der Waals surface area contributed by atoms with Crippen LogP contribution in [0.5, 0.6) is 0 Å². The van der Waals surface area contributed by atoms with Crippen LogP contribution >= 0.6 is 8.20 Å². The summed E-state index contributed by atoms with van der Waals surface area (Å²) in [4.78, 5) is 14.2. The SMILES string of the molecule is C=PC(CCCN(C)C(C)CC/C=C(\C)CCC=C(C)C)C(=O)OCC. The molecule has 4 heteroatoms. The number of allylic oxidation sites excluding steroid dienone is 4. The lowest BCUT2D eigenvalue weighted by Gasteiger charge is -2.24. The molecule has 0 aromatic rings. The summed E-state index contributed by atoms with van der Waals surface area (Å²) in [6.07, 6.45) is 15.0. The van der Waals surface area contributed by atoms with Gasteiger partial charge in [-0.2, -0.15) is 0 Å². The van der Waals surface area contributed by atoms with E-state index in [-0.39, 0.29) is 11.6 Å². The van der Waals surface area contributed by atoms with Gasteiger partial charge in [0.2, 0.25) is 0 Å². The molecule has 2 unspecified atom stereocenters. The molecule has 0 saturated carbocycles. The molecule has 0 aliphatic heterocycles. The Morgan fingerprint density at radius 1 is 1.19 bits per heavy atom. The topological polar surface area (TPSA) is 29.5 Å². The van der Waals surface area contributed by atoms with Gasteiger partial charge in [0.1, 0.15) is 0 Å². The van der Waals surface area contributed by atoms with E-state index < -0.39 is 0 Å². The molecule has 2 atom stereocenters. The predicted octanol–water partition coefficient (Wildman–Crippen LogP) is 5.87. The van der Waals surface area contributed by atoms with Crippen LogP contribution in [0.4, 0.5) is 0 Å². The molecule has 150 valence electrons. The second-order valence-corrected chi connectivity index (χ2v) is 8.36. The first-order valence-electron chi connectivity index (χ1n) is 9.93. The quantitative estimate of drug-likeness (QED) is 0.214. The molecule has 0 aliphatic carbocycles. The van der Waals surface area contributed by atoms with Crippen LogP contribution in [0.15, 0.2) is 23.3 Å². The fraction of sp³-hybridized carbons (Fsp3) is 0.727. The lowest BCUT2D eigenvalue weighted by Crippen LogP contribution is -2.30. The molecule has 0 fully saturated rings. The van der Waals surface area contributed by atoms with Gasteiger partial charge in [-0.05, 0) is 86.7 Å². The number of hydrogen-bond donors (Lipinski definition) is 0.